The fraction of sp³-hybridized carbons (Fsp3) is 0.294. The van der Waals surface area contributed by atoms with E-state index < -0.39 is 11.0 Å². The van der Waals surface area contributed by atoms with Crippen molar-refractivity contribution in [2.24, 2.45) is 0 Å². The number of non-ortho nitro benzene ring substituents is 1. The minimum atomic E-state index is -0.707. The van der Waals surface area contributed by atoms with Crippen molar-refractivity contribution in [3.8, 4) is 5.75 Å². The lowest BCUT2D eigenvalue weighted by Gasteiger charge is -2.21. The van der Waals surface area contributed by atoms with E-state index in [4.69, 9.17) is 16.3 Å². The summed E-state index contributed by atoms with van der Waals surface area (Å²) in [5.74, 6) is 0.364. The molecule has 0 aliphatic carbocycles. The fourth-order valence-corrected chi connectivity index (χ4v) is 2.38. The highest BCUT2D eigenvalue weighted by molar-refractivity contribution is 6.30. The maximum Gasteiger partial charge on any atom is 0.273 e. The van der Waals surface area contributed by atoms with Gasteiger partial charge in [-0.2, -0.15) is 0 Å². The summed E-state index contributed by atoms with van der Waals surface area (Å²) in [6.45, 7) is 1.15. The van der Waals surface area contributed by atoms with E-state index in [9.17, 15) is 15.2 Å². The monoisotopic (exact) mass is 350 g/mol. The Labute approximate surface area is 145 Å². The zero-order valence-corrected chi connectivity index (χ0v) is 14.0. The number of benzene rings is 2. The maximum absolute atomic E-state index is 10.7. The van der Waals surface area contributed by atoms with Gasteiger partial charge in [-0.3, -0.25) is 15.0 Å². The Balaban J connectivity index is 1.80. The predicted octanol–water partition coefficient (Wildman–Crippen LogP) is 3.12. The quantitative estimate of drug-likeness (QED) is 0.584. The minimum Gasteiger partial charge on any atom is -0.491 e. The molecule has 2 rings (SSSR count). The van der Waals surface area contributed by atoms with Gasteiger partial charge in [-0.1, -0.05) is 29.8 Å². The zero-order valence-electron chi connectivity index (χ0n) is 13.3. The molecule has 0 aromatic heterocycles. The van der Waals surface area contributed by atoms with Crippen LogP contribution in [0, 0.1) is 10.1 Å². The number of aliphatic hydroxyl groups is 1. The molecule has 1 atom stereocenters. The number of rotatable bonds is 8. The topological polar surface area (TPSA) is 75.8 Å². The van der Waals surface area contributed by atoms with Crippen LogP contribution in [0.4, 0.5) is 5.69 Å². The van der Waals surface area contributed by atoms with Gasteiger partial charge in [0.25, 0.3) is 5.69 Å². The van der Waals surface area contributed by atoms with Crippen molar-refractivity contribution in [1.82, 2.24) is 4.90 Å². The van der Waals surface area contributed by atoms with Gasteiger partial charge in [0.1, 0.15) is 18.5 Å². The lowest BCUT2D eigenvalue weighted by Crippen LogP contribution is -2.32. The largest absolute Gasteiger partial charge is 0.491 e. The van der Waals surface area contributed by atoms with Crippen LogP contribution in [0.25, 0.3) is 0 Å². The molecule has 0 aliphatic rings. The first-order valence-corrected chi connectivity index (χ1v) is 7.80. The van der Waals surface area contributed by atoms with Crippen LogP contribution in [-0.4, -0.2) is 41.2 Å². The Hall–Kier alpha value is -2.15. The number of hydrogen-bond donors (Lipinski definition) is 1. The number of nitro groups is 1. The average Bonchev–Trinajstić information content (AvgIpc) is 2.55. The molecule has 2 aromatic rings. The van der Waals surface area contributed by atoms with Crippen LogP contribution < -0.4 is 4.74 Å². The summed E-state index contributed by atoms with van der Waals surface area (Å²) in [6, 6.07) is 13.4. The highest BCUT2D eigenvalue weighted by Crippen LogP contribution is 2.19. The third-order valence-electron chi connectivity index (χ3n) is 3.36. The second-order valence-corrected chi connectivity index (χ2v) is 5.98. The van der Waals surface area contributed by atoms with Gasteiger partial charge in [0.05, 0.1) is 11.0 Å². The molecule has 1 N–H and O–H groups in total. The standard InChI is InChI=1S/C17H19ClN2O4/c1-19(10-13-5-7-14(18)8-6-13)11-16(21)12-24-17-4-2-3-15(9-17)20(22)23/h2-9,16,21H,10-12H2,1H3. The van der Waals surface area contributed by atoms with Crippen LogP contribution in [0.3, 0.4) is 0 Å². The summed E-state index contributed by atoms with van der Waals surface area (Å²) in [4.78, 5) is 12.2. The summed E-state index contributed by atoms with van der Waals surface area (Å²) in [5, 5.41) is 21.5. The van der Waals surface area contributed by atoms with Crippen molar-refractivity contribution < 1.29 is 14.8 Å². The fourth-order valence-electron chi connectivity index (χ4n) is 2.26. The van der Waals surface area contributed by atoms with Crippen LogP contribution in [0.15, 0.2) is 48.5 Å². The van der Waals surface area contributed by atoms with E-state index >= 15 is 0 Å². The average molecular weight is 351 g/mol. The van der Waals surface area contributed by atoms with E-state index in [1.807, 2.05) is 36.2 Å². The van der Waals surface area contributed by atoms with Crippen molar-refractivity contribution in [1.29, 1.82) is 0 Å². The van der Waals surface area contributed by atoms with Crippen LogP contribution in [0.1, 0.15) is 5.56 Å². The number of nitro benzene ring substituents is 1. The Bertz CT molecular complexity index is 679. The lowest BCUT2D eigenvalue weighted by atomic mass is 10.2. The third-order valence-corrected chi connectivity index (χ3v) is 3.61. The van der Waals surface area contributed by atoms with Gasteiger partial charge >= 0.3 is 0 Å². The van der Waals surface area contributed by atoms with Crippen molar-refractivity contribution in [3.63, 3.8) is 0 Å². The smallest absolute Gasteiger partial charge is 0.273 e. The van der Waals surface area contributed by atoms with Crippen molar-refractivity contribution >= 4 is 17.3 Å². The van der Waals surface area contributed by atoms with Gasteiger partial charge in [-0.05, 0) is 30.8 Å². The highest BCUT2D eigenvalue weighted by Gasteiger charge is 2.11. The van der Waals surface area contributed by atoms with Gasteiger partial charge in [0.2, 0.25) is 0 Å². The molecule has 7 heteroatoms. The molecule has 0 bridgehead atoms. The van der Waals surface area contributed by atoms with Crippen molar-refractivity contribution in [3.05, 3.63) is 69.2 Å². The molecule has 6 nitrogen and oxygen atoms in total. The summed E-state index contributed by atoms with van der Waals surface area (Å²) < 4.78 is 5.43. The molecule has 0 heterocycles. The molecule has 24 heavy (non-hydrogen) atoms. The summed E-state index contributed by atoms with van der Waals surface area (Å²) >= 11 is 5.85. The molecule has 0 saturated heterocycles. The van der Waals surface area contributed by atoms with Crippen molar-refractivity contribution in [2.45, 2.75) is 12.6 Å². The SMILES string of the molecule is CN(Cc1ccc(Cl)cc1)CC(O)COc1cccc([N+](=O)[O-])c1. The van der Waals surface area contributed by atoms with E-state index in [-0.39, 0.29) is 12.3 Å². The van der Waals surface area contributed by atoms with E-state index in [1.165, 1.54) is 12.1 Å². The van der Waals surface area contributed by atoms with Gasteiger partial charge in [-0.15, -0.1) is 0 Å². The van der Waals surface area contributed by atoms with Crippen molar-refractivity contribution in [2.75, 3.05) is 20.2 Å². The second kappa shape index (κ2) is 8.63. The minimum absolute atomic E-state index is 0.0400. The summed E-state index contributed by atoms with van der Waals surface area (Å²) in [7, 11) is 1.89. The van der Waals surface area contributed by atoms with Gasteiger partial charge in [-0.25, -0.2) is 0 Å². The highest BCUT2D eigenvalue weighted by atomic mass is 35.5. The third kappa shape index (κ3) is 5.81. The summed E-state index contributed by atoms with van der Waals surface area (Å²) in [5.41, 5.74) is 1.05. The van der Waals surface area contributed by atoms with Crippen LogP contribution >= 0.6 is 11.6 Å². The van der Waals surface area contributed by atoms with Gasteiger partial charge < -0.3 is 9.84 Å². The lowest BCUT2D eigenvalue weighted by molar-refractivity contribution is -0.384. The molecule has 0 fully saturated rings. The maximum atomic E-state index is 10.7. The number of likely N-dealkylation sites (N-methyl/N-ethyl adjacent to an activating group) is 1. The van der Waals surface area contributed by atoms with E-state index in [0.29, 0.717) is 23.9 Å². The molecule has 128 valence electrons. The first-order chi connectivity index (χ1) is 11.4. The van der Waals surface area contributed by atoms with Crippen LogP contribution in [0.2, 0.25) is 5.02 Å². The van der Waals surface area contributed by atoms with E-state index in [1.54, 1.807) is 12.1 Å². The predicted molar refractivity (Wildman–Crippen MR) is 92.4 cm³/mol. The molecule has 0 aliphatic heterocycles. The Morgan fingerprint density at radius 1 is 1.29 bits per heavy atom. The molecule has 0 saturated carbocycles. The van der Waals surface area contributed by atoms with Gasteiger partial charge in [0.15, 0.2) is 0 Å². The number of halogens is 1. The number of nitrogens with zero attached hydrogens (tertiary/aromatic N) is 2. The number of ether oxygens (including phenoxy) is 1. The van der Waals surface area contributed by atoms with Gasteiger partial charge in [0, 0.05) is 24.2 Å². The molecular weight excluding hydrogens is 332 g/mol. The number of hydrogen-bond acceptors (Lipinski definition) is 5. The van der Waals surface area contributed by atoms with Crippen LogP contribution in [0.5, 0.6) is 5.75 Å². The zero-order chi connectivity index (χ0) is 17.5. The normalized spacial score (nSPS) is 12.2. The molecular formula is C17H19ClN2O4. The Morgan fingerprint density at radius 3 is 2.67 bits per heavy atom. The first-order valence-electron chi connectivity index (χ1n) is 7.42. The van der Waals surface area contributed by atoms with E-state index in [2.05, 4.69) is 0 Å². The molecule has 2 aromatic carbocycles. The summed E-state index contributed by atoms with van der Waals surface area (Å²) in [6.07, 6.45) is -0.707. The molecule has 0 amide bonds. The molecule has 0 radical (unpaired) electrons. The first kappa shape index (κ1) is 18.2. The second-order valence-electron chi connectivity index (χ2n) is 5.54. The van der Waals surface area contributed by atoms with E-state index in [0.717, 1.165) is 5.56 Å². The molecule has 0 spiro atoms. The number of aliphatic hydroxyl groups excluding tert-OH is 1. The Morgan fingerprint density at radius 2 is 2.00 bits per heavy atom. The molecule has 1 unspecified atom stereocenters. The van der Waals surface area contributed by atoms with Crippen LogP contribution in [-0.2, 0) is 6.54 Å². The Kier molecular flexibility index (Phi) is 6.54.